The van der Waals surface area contributed by atoms with Crippen LogP contribution in [0, 0.1) is 0 Å². The second-order valence-electron chi connectivity index (χ2n) is 4.82. The van der Waals surface area contributed by atoms with E-state index in [9.17, 15) is 9.59 Å². The zero-order chi connectivity index (χ0) is 17.1. The van der Waals surface area contributed by atoms with Crippen molar-refractivity contribution in [3.63, 3.8) is 0 Å². The van der Waals surface area contributed by atoms with Crippen LogP contribution in [0.4, 0.5) is 5.82 Å². The molecule has 0 fully saturated rings. The summed E-state index contributed by atoms with van der Waals surface area (Å²) in [5, 5.41) is 0. The van der Waals surface area contributed by atoms with Crippen LogP contribution in [0.25, 0.3) is 11.3 Å². The lowest BCUT2D eigenvalue weighted by Crippen LogP contribution is -2.18. The molecular weight excluding hydrogens is 376 g/mol. The molecule has 0 aliphatic carbocycles. The van der Waals surface area contributed by atoms with Crippen molar-refractivity contribution >= 4 is 27.5 Å². The van der Waals surface area contributed by atoms with Crippen LogP contribution in [0.1, 0.15) is 16.2 Å². The number of carbonyl (C=O) groups is 1. The SMILES string of the molecule is Nc1ncc(Br)nc1C(=O)Cc1[nH]c(=O)ncc1-c1ccccn1. The van der Waals surface area contributed by atoms with Gasteiger partial charge in [-0.15, -0.1) is 0 Å². The molecular formula is C15H11BrN6O2. The van der Waals surface area contributed by atoms with Crippen LogP contribution in [0.5, 0.6) is 0 Å². The van der Waals surface area contributed by atoms with E-state index in [4.69, 9.17) is 5.73 Å². The molecule has 3 heterocycles. The molecule has 0 atom stereocenters. The highest BCUT2D eigenvalue weighted by molar-refractivity contribution is 9.10. The van der Waals surface area contributed by atoms with E-state index in [-0.39, 0.29) is 23.7 Å². The van der Waals surface area contributed by atoms with Gasteiger partial charge in [-0.3, -0.25) is 9.78 Å². The van der Waals surface area contributed by atoms with E-state index in [1.54, 1.807) is 24.4 Å². The number of Topliss-reactive ketones (excluding diaryl/α,β-unsaturated/α-hetero) is 1. The fraction of sp³-hybridized carbons (Fsp3) is 0.0667. The molecule has 0 amide bonds. The van der Waals surface area contributed by atoms with Crippen molar-refractivity contribution < 1.29 is 4.79 Å². The van der Waals surface area contributed by atoms with Gasteiger partial charge in [0.15, 0.2) is 11.6 Å². The lowest BCUT2D eigenvalue weighted by atomic mass is 10.1. The van der Waals surface area contributed by atoms with Gasteiger partial charge in [-0.25, -0.2) is 19.7 Å². The van der Waals surface area contributed by atoms with Crippen LogP contribution < -0.4 is 11.4 Å². The van der Waals surface area contributed by atoms with Crippen molar-refractivity contribution in [2.45, 2.75) is 6.42 Å². The second-order valence-corrected chi connectivity index (χ2v) is 5.63. The number of halogens is 1. The first-order chi connectivity index (χ1) is 11.5. The molecule has 3 rings (SSSR count). The van der Waals surface area contributed by atoms with Gasteiger partial charge in [0.1, 0.15) is 10.3 Å². The quantitative estimate of drug-likeness (QED) is 0.648. The monoisotopic (exact) mass is 386 g/mol. The number of hydrogen-bond donors (Lipinski definition) is 2. The highest BCUT2D eigenvalue weighted by atomic mass is 79.9. The minimum absolute atomic E-state index is 0.0268. The van der Waals surface area contributed by atoms with Crippen LogP contribution in [0.2, 0.25) is 0 Å². The predicted molar refractivity (Wildman–Crippen MR) is 90.3 cm³/mol. The van der Waals surface area contributed by atoms with Gasteiger partial charge >= 0.3 is 5.69 Å². The lowest BCUT2D eigenvalue weighted by molar-refractivity contribution is 0.0987. The Morgan fingerprint density at radius 2 is 2.04 bits per heavy atom. The normalized spacial score (nSPS) is 10.5. The summed E-state index contributed by atoms with van der Waals surface area (Å²) in [5.74, 6) is -0.348. The molecule has 0 aliphatic rings. The summed E-state index contributed by atoms with van der Waals surface area (Å²) in [6.07, 6.45) is 4.29. The van der Waals surface area contributed by atoms with E-state index in [0.717, 1.165) is 0 Å². The summed E-state index contributed by atoms with van der Waals surface area (Å²) >= 11 is 3.15. The Hall–Kier alpha value is -2.94. The highest BCUT2D eigenvalue weighted by Gasteiger charge is 2.18. The number of hydrogen-bond acceptors (Lipinski definition) is 7. The Kier molecular flexibility index (Phi) is 4.43. The molecule has 8 nitrogen and oxygen atoms in total. The van der Waals surface area contributed by atoms with Crippen molar-refractivity contribution in [2.24, 2.45) is 0 Å². The van der Waals surface area contributed by atoms with Gasteiger partial charge in [0.25, 0.3) is 0 Å². The molecule has 0 saturated carbocycles. The first-order valence-electron chi connectivity index (χ1n) is 6.85. The molecule has 0 saturated heterocycles. The smallest absolute Gasteiger partial charge is 0.345 e. The molecule has 0 aliphatic heterocycles. The number of aromatic nitrogens is 5. The number of nitrogens with zero attached hydrogens (tertiary/aromatic N) is 4. The van der Waals surface area contributed by atoms with Crippen LogP contribution in [0.15, 0.2) is 46.2 Å². The van der Waals surface area contributed by atoms with E-state index in [2.05, 4.69) is 40.8 Å². The topological polar surface area (TPSA) is 128 Å². The molecule has 3 aromatic rings. The third-order valence-corrected chi connectivity index (χ3v) is 3.59. The third-order valence-electron chi connectivity index (χ3n) is 3.21. The molecule has 0 spiro atoms. The fourth-order valence-electron chi connectivity index (χ4n) is 2.14. The Morgan fingerprint density at radius 1 is 1.21 bits per heavy atom. The molecule has 9 heteroatoms. The number of pyridine rings is 1. The van der Waals surface area contributed by atoms with Crippen LogP contribution in [-0.2, 0) is 6.42 Å². The molecule has 0 bridgehead atoms. The van der Waals surface area contributed by atoms with E-state index < -0.39 is 5.69 Å². The van der Waals surface area contributed by atoms with Crippen molar-refractivity contribution in [1.29, 1.82) is 0 Å². The van der Waals surface area contributed by atoms with Gasteiger partial charge in [-0.2, -0.15) is 0 Å². The maximum absolute atomic E-state index is 12.5. The number of ketones is 1. The average molecular weight is 387 g/mol. The Bertz CT molecular complexity index is 958. The zero-order valence-corrected chi connectivity index (χ0v) is 13.8. The van der Waals surface area contributed by atoms with Gasteiger partial charge in [-0.1, -0.05) is 6.07 Å². The summed E-state index contributed by atoms with van der Waals surface area (Å²) in [7, 11) is 0. The Labute approximate surface area is 144 Å². The highest BCUT2D eigenvalue weighted by Crippen LogP contribution is 2.20. The van der Waals surface area contributed by atoms with Gasteiger partial charge in [0, 0.05) is 23.7 Å². The Morgan fingerprint density at radius 3 is 2.79 bits per heavy atom. The average Bonchev–Trinajstić information content (AvgIpc) is 2.58. The van der Waals surface area contributed by atoms with E-state index in [1.807, 2.05) is 0 Å². The standard InChI is InChI=1S/C15H11BrN6O2/c16-12-7-19-14(17)13(22-12)11(23)5-10-8(6-20-15(24)21-10)9-3-1-2-4-18-9/h1-4,6-7H,5H2,(H2,17,19)(H,20,21,24). The molecule has 24 heavy (non-hydrogen) atoms. The maximum Gasteiger partial charge on any atom is 0.345 e. The number of carbonyl (C=O) groups excluding carboxylic acids is 1. The predicted octanol–water partition coefficient (Wildman–Crippen LogP) is 1.39. The molecule has 120 valence electrons. The number of rotatable bonds is 4. The molecule has 3 N–H and O–H groups in total. The molecule has 0 aromatic carbocycles. The Balaban J connectivity index is 2.01. The zero-order valence-electron chi connectivity index (χ0n) is 12.2. The number of aromatic amines is 1. The van der Waals surface area contributed by atoms with Crippen molar-refractivity contribution in [1.82, 2.24) is 24.9 Å². The van der Waals surface area contributed by atoms with Gasteiger partial charge in [0.2, 0.25) is 0 Å². The number of nitrogen functional groups attached to an aromatic ring is 1. The summed E-state index contributed by atoms with van der Waals surface area (Å²) in [6.45, 7) is 0. The molecule has 0 unspecified atom stereocenters. The molecule has 0 radical (unpaired) electrons. The number of H-pyrrole nitrogens is 1. The molecule has 3 aromatic heterocycles. The van der Waals surface area contributed by atoms with Crippen LogP contribution >= 0.6 is 15.9 Å². The number of nitrogens with two attached hydrogens (primary N) is 1. The van der Waals surface area contributed by atoms with Crippen molar-refractivity contribution in [3.8, 4) is 11.3 Å². The lowest BCUT2D eigenvalue weighted by Gasteiger charge is -2.08. The fourth-order valence-corrected chi connectivity index (χ4v) is 2.42. The van der Waals surface area contributed by atoms with Crippen LogP contribution in [-0.4, -0.2) is 30.7 Å². The van der Waals surface area contributed by atoms with Crippen LogP contribution in [0.3, 0.4) is 0 Å². The van der Waals surface area contributed by atoms with E-state index in [0.29, 0.717) is 21.6 Å². The van der Waals surface area contributed by atoms with Gasteiger partial charge < -0.3 is 10.7 Å². The first kappa shape index (κ1) is 15.9. The number of anilines is 1. The van der Waals surface area contributed by atoms with E-state index >= 15 is 0 Å². The largest absolute Gasteiger partial charge is 0.382 e. The van der Waals surface area contributed by atoms with Crippen molar-refractivity contribution in [2.75, 3.05) is 5.73 Å². The summed E-state index contributed by atoms with van der Waals surface area (Å²) < 4.78 is 0.397. The van der Waals surface area contributed by atoms with Gasteiger partial charge in [0.05, 0.1) is 18.3 Å². The summed E-state index contributed by atoms with van der Waals surface area (Å²) in [6, 6.07) is 5.33. The number of nitrogens with one attached hydrogen (secondary N) is 1. The first-order valence-corrected chi connectivity index (χ1v) is 7.64. The third kappa shape index (κ3) is 3.35. The van der Waals surface area contributed by atoms with Crippen molar-refractivity contribution in [3.05, 3.63) is 63.3 Å². The summed E-state index contributed by atoms with van der Waals surface area (Å²) in [4.78, 5) is 42.5. The maximum atomic E-state index is 12.5. The minimum Gasteiger partial charge on any atom is -0.382 e. The van der Waals surface area contributed by atoms with Gasteiger partial charge in [-0.05, 0) is 28.1 Å². The minimum atomic E-state index is -0.550. The summed E-state index contributed by atoms with van der Waals surface area (Å²) in [5.41, 5.74) is 6.74. The second kappa shape index (κ2) is 6.67. The van der Waals surface area contributed by atoms with E-state index in [1.165, 1.54) is 12.4 Å².